The third-order valence-electron chi connectivity index (χ3n) is 15.3. The largest absolute Gasteiger partial charge is 0.292 e. The van der Waals surface area contributed by atoms with Gasteiger partial charge in [-0.05, 0) is 153 Å². The minimum Gasteiger partial charge on any atom is -0.292 e. The first-order chi connectivity index (χ1) is 29.2. The first-order valence-corrected chi connectivity index (χ1v) is 21.7. The molecule has 4 bridgehead atoms. The molecular weight excluding hydrogens is 715 g/mol. The fourth-order valence-electron chi connectivity index (χ4n) is 13.2. The molecule has 280 valence electrons. The Labute approximate surface area is 343 Å². The van der Waals surface area contributed by atoms with E-state index in [1.54, 1.807) is 11.1 Å². The van der Waals surface area contributed by atoms with Crippen LogP contribution in [-0.2, 0) is 5.41 Å². The van der Waals surface area contributed by atoms with Crippen molar-refractivity contribution in [3.8, 4) is 39.3 Å². The van der Waals surface area contributed by atoms with E-state index in [0.29, 0.717) is 0 Å². The second-order valence-electron chi connectivity index (χ2n) is 18.2. The molecule has 15 rings (SSSR count). The number of para-hydroxylation sites is 2. The average Bonchev–Trinajstić information content (AvgIpc) is 3.77. The lowest BCUT2D eigenvalue weighted by Gasteiger charge is -2.61. The Morgan fingerprint density at radius 3 is 1.92 bits per heavy atom. The summed E-state index contributed by atoms with van der Waals surface area (Å²) >= 11 is 0. The Morgan fingerprint density at radius 1 is 0.441 bits per heavy atom. The number of hydrogen-bond donors (Lipinski definition) is 0. The van der Waals surface area contributed by atoms with Crippen molar-refractivity contribution in [2.75, 3.05) is 0 Å². The van der Waals surface area contributed by atoms with Gasteiger partial charge >= 0.3 is 0 Å². The predicted octanol–water partition coefficient (Wildman–Crippen LogP) is 14.1. The lowest BCUT2D eigenvalue weighted by molar-refractivity contribution is -0.0399. The number of benzene rings is 8. The fraction of sp³-hybridized carbons (Fsp3) is 0.179. The van der Waals surface area contributed by atoms with Crippen molar-refractivity contribution in [1.29, 1.82) is 0 Å². The standard InChI is InChI=1S/C56H41N3/c1-2-11-37-30-40(18-17-35(37)9-1)54-55(58-50-16-8-7-15-49(50)57-54)59-51-23-21-39(32-46(51)53-43-12-4-3-10-36(43)20-24-52(53)59)38-19-22-48-45(31-38)44-13-5-6-14-47(44)56(48)41-26-33-25-34(28-41)29-42(56)27-33/h1-24,30-34,41-42H,25-29H2. The summed E-state index contributed by atoms with van der Waals surface area (Å²) in [5.74, 6) is 4.25. The summed E-state index contributed by atoms with van der Waals surface area (Å²) in [6, 6.07) is 61.0. The normalized spacial score (nSPS) is 22.6. The van der Waals surface area contributed by atoms with Gasteiger partial charge < -0.3 is 0 Å². The number of hydrogen-bond acceptors (Lipinski definition) is 2. The van der Waals surface area contributed by atoms with Gasteiger partial charge in [0.05, 0.1) is 22.1 Å². The Hall–Kier alpha value is -6.58. The molecule has 2 aromatic heterocycles. The van der Waals surface area contributed by atoms with Crippen LogP contribution in [0, 0.1) is 23.7 Å². The highest BCUT2D eigenvalue weighted by Crippen LogP contribution is 2.69. The van der Waals surface area contributed by atoms with Crippen LogP contribution in [0.5, 0.6) is 0 Å². The molecule has 0 radical (unpaired) electrons. The van der Waals surface area contributed by atoms with Gasteiger partial charge in [0.1, 0.15) is 5.69 Å². The van der Waals surface area contributed by atoms with Gasteiger partial charge in [0.25, 0.3) is 0 Å². The molecule has 59 heavy (non-hydrogen) atoms. The molecule has 5 aliphatic carbocycles. The van der Waals surface area contributed by atoms with Crippen LogP contribution < -0.4 is 0 Å². The number of aromatic nitrogens is 3. The Kier molecular flexibility index (Phi) is 6.46. The first-order valence-electron chi connectivity index (χ1n) is 21.7. The predicted molar refractivity (Wildman–Crippen MR) is 243 cm³/mol. The van der Waals surface area contributed by atoms with Gasteiger partial charge in [-0.15, -0.1) is 0 Å². The molecule has 10 aromatic rings. The van der Waals surface area contributed by atoms with Crippen LogP contribution in [0.3, 0.4) is 0 Å². The van der Waals surface area contributed by atoms with Crippen molar-refractivity contribution in [1.82, 2.24) is 14.5 Å². The molecule has 1 spiro atoms. The maximum atomic E-state index is 5.47. The van der Waals surface area contributed by atoms with Crippen LogP contribution in [0.15, 0.2) is 164 Å². The molecule has 4 fully saturated rings. The highest BCUT2D eigenvalue weighted by molar-refractivity contribution is 6.22. The van der Waals surface area contributed by atoms with Crippen LogP contribution in [0.4, 0.5) is 0 Å². The summed E-state index contributed by atoms with van der Waals surface area (Å²) in [6.07, 6.45) is 7.09. The quantitative estimate of drug-likeness (QED) is 0.180. The van der Waals surface area contributed by atoms with Gasteiger partial charge in [0.2, 0.25) is 0 Å². The van der Waals surface area contributed by atoms with E-state index in [-0.39, 0.29) is 5.41 Å². The highest BCUT2D eigenvalue weighted by Gasteiger charge is 2.61. The molecule has 0 saturated heterocycles. The second kappa shape index (κ2) is 11.8. The van der Waals surface area contributed by atoms with Crippen molar-refractivity contribution in [2.45, 2.75) is 37.5 Å². The van der Waals surface area contributed by atoms with Gasteiger partial charge in [-0.2, -0.15) is 0 Å². The first kappa shape index (κ1) is 32.4. The smallest absolute Gasteiger partial charge is 0.165 e. The molecule has 0 atom stereocenters. The van der Waals surface area contributed by atoms with Gasteiger partial charge in [0, 0.05) is 21.8 Å². The zero-order valence-corrected chi connectivity index (χ0v) is 32.8. The van der Waals surface area contributed by atoms with Gasteiger partial charge in [-0.25, -0.2) is 9.97 Å². The molecule has 0 amide bonds. The average molecular weight is 756 g/mol. The summed E-state index contributed by atoms with van der Waals surface area (Å²) < 4.78 is 2.37. The van der Waals surface area contributed by atoms with Crippen molar-refractivity contribution < 1.29 is 0 Å². The third kappa shape index (κ3) is 4.38. The van der Waals surface area contributed by atoms with E-state index in [2.05, 4.69) is 168 Å². The molecule has 3 heteroatoms. The maximum Gasteiger partial charge on any atom is 0.165 e. The van der Waals surface area contributed by atoms with Crippen LogP contribution in [0.1, 0.15) is 43.2 Å². The van der Waals surface area contributed by atoms with E-state index >= 15 is 0 Å². The van der Waals surface area contributed by atoms with Crippen molar-refractivity contribution >= 4 is 54.4 Å². The summed E-state index contributed by atoms with van der Waals surface area (Å²) in [4.78, 5) is 10.8. The molecule has 4 saturated carbocycles. The summed E-state index contributed by atoms with van der Waals surface area (Å²) in [7, 11) is 0. The molecule has 0 N–H and O–H groups in total. The zero-order chi connectivity index (χ0) is 38.4. The van der Waals surface area contributed by atoms with E-state index in [9.17, 15) is 0 Å². The third-order valence-corrected chi connectivity index (χ3v) is 15.3. The van der Waals surface area contributed by atoms with E-state index in [0.717, 1.165) is 62.8 Å². The fourth-order valence-corrected chi connectivity index (χ4v) is 13.2. The molecule has 0 aliphatic heterocycles. The number of nitrogens with zero attached hydrogens (tertiary/aromatic N) is 3. The van der Waals surface area contributed by atoms with Crippen LogP contribution in [-0.4, -0.2) is 14.5 Å². The van der Waals surface area contributed by atoms with Crippen molar-refractivity contribution in [3.63, 3.8) is 0 Å². The molecule has 2 heterocycles. The van der Waals surface area contributed by atoms with E-state index in [1.807, 2.05) is 0 Å². The SMILES string of the molecule is c1ccc2c(c1)-c1cc(-c3ccc4c(c3)c3c5ccccc5ccc3n4-c3nc4ccccc4nc3-c3ccc4ccccc4c3)ccc1C21C2CC3CC(C2)CC1C3. The minimum absolute atomic E-state index is 0.178. The highest BCUT2D eigenvalue weighted by atomic mass is 15.1. The number of rotatable bonds is 3. The molecule has 8 aromatic carbocycles. The summed E-state index contributed by atoms with van der Waals surface area (Å²) in [5, 5.41) is 7.36. The lowest BCUT2D eigenvalue weighted by atomic mass is 9.43. The molecule has 0 unspecified atom stereocenters. The Balaban J connectivity index is 1.00. The van der Waals surface area contributed by atoms with E-state index < -0.39 is 0 Å². The van der Waals surface area contributed by atoms with Crippen molar-refractivity contribution in [2.24, 2.45) is 23.7 Å². The van der Waals surface area contributed by atoms with Crippen LogP contribution >= 0.6 is 0 Å². The summed E-state index contributed by atoms with van der Waals surface area (Å²) in [5.41, 5.74) is 14.8. The zero-order valence-electron chi connectivity index (χ0n) is 32.8. The van der Waals surface area contributed by atoms with Gasteiger partial charge in [-0.1, -0.05) is 121 Å². The molecule has 5 aliphatic rings. The Bertz CT molecular complexity index is 3400. The monoisotopic (exact) mass is 755 g/mol. The lowest BCUT2D eigenvalue weighted by Crippen LogP contribution is -2.55. The van der Waals surface area contributed by atoms with Crippen LogP contribution in [0.25, 0.3) is 93.7 Å². The van der Waals surface area contributed by atoms with Gasteiger partial charge in [-0.3, -0.25) is 4.57 Å². The molecular formula is C56H41N3. The minimum atomic E-state index is 0.178. The number of fused-ring (bicyclic) bond motifs is 10. The maximum absolute atomic E-state index is 5.47. The Morgan fingerprint density at radius 2 is 1.07 bits per heavy atom. The topological polar surface area (TPSA) is 30.7 Å². The van der Waals surface area contributed by atoms with Crippen molar-refractivity contribution in [3.05, 3.63) is 175 Å². The van der Waals surface area contributed by atoms with Crippen LogP contribution in [0.2, 0.25) is 0 Å². The second-order valence-corrected chi connectivity index (χ2v) is 18.2. The van der Waals surface area contributed by atoms with E-state index in [1.165, 1.54) is 86.7 Å². The molecule has 3 nitrogen and oxygen atoms in total. The summed E-state index contributed by atoms with van der Waals surface area (Å²) in [6.45, 7) is 0. The van der Waals surface area contributed by atoms with Gasteiger partial charge in [0.15, 0.2) is 5.82 Å². The van der Waals surface area contributed by atoms with E-state index in [4.69, 9.17) is 9.97 Å².